The van der Waals surface area contributed by atoms with Gasteiger partial charge >= 0.3 is 5.97 Å². The Labute approximate surface area is 109 Å². The molecular weight excluding hydrogens is 313 g/mol. The Morgan fingerprint density at radius 1 is 1.44 bits per heavy atom. The Kier molecular flexibility index (Phi) is 2.20. The summed E-state index contributed by atoms with van der Waals surface area (Å²) in [5.74, 6) is -5.10. The van der Waals surface area contributed by atoms with Gasteiger partial charge in [0, 0.05) is 10.9 Å². The molecule has 0 radical (unpaired) electrons. The van der Waals surface area contributed by atoms with Gasteiger partial charge in [0.25, 0.3) is 5.92 Å². The van der Waals surface area contributed by atoms with Gasteiger partial charge in [-0.2, -0.15) is 0 Å². The number of carbonyl (C=O) groups is 1. The second-order valence-corrected chi connectivity index (χ2v) is 5.69. The second-order valence-electron chi connectivity index (χ2n) is 4.84. The van der Waals surface area contributed by atoms with Gasteiger partial charge in [-0.05, 0) is 30.0 Å². The van der Waals surface area contributed by atoms with E-state index in [2.05, 4.69) is 15.9 Å². The smallest absolute Gasteiger partial charge is 0.338 e. The molecule has 6 heteroatoms. The van der Waals surface area contributed by atoms with Gasteiger partial charge in [0.05, 0.1) is 11.0 Å². The second kappa shape index (κ2) is 3.29. The predicted octanol–water partition coefficient (Wildman–Crippen LogP) is 3.51. The highest BCUT2D eigenvalue weighted by molar-refractivity contribution is 9.10. The first kappa shape index (κ1) is 12.0. The molecule has 0 heterocycles. The lowest BCUT2D eigenvalue weighted by Gasteiger charge is -2.14. The number of hydrogen-bond acceptors (Lipinski definition) is 1. The molecule has 96 valence electrons. The summed E-state index contributed by atoms with van der Waals surface area (Å²) in [7, 11) is 0. The van der Waals surface area contributed by atoms with Crippen LogP contribution in [0.5, 0.6) is 0 Å². The summed E-state index contributed by atoms with van der Waals surface area (Å²) in [6, 6.07) is 0.976. The molecule has 1 saturated carbocycles. The van der Waals surface area contributed by atoms with Crippen LogP contribution in [0.1, 0.15) is 34.3 Å². The maximum Gasteiger partial charge on any atom is 0.338 e. The van der Waals surface area contributed by atoms with Gasteiger partial charge in [0.2, 0.25) is 0 Å². The third-order valence-electron chi connectivity index (χ3n) is 3.93. The molecule has 0 aromatic heterocycles. The van der Waals surface area contributed by atoms with Crippen LogP contribution in [0.2, 0.25) is 0 Å². The molecule has 1 aromatic carbocycles. The Morgan fingerprint density at radius 2 is 2.06 bits per heavy atom. The molecule has 0 bridgehead atoms. The first-order chi connectivity index (χ1) is 8.30. The SMILES string of the molecule is O=C(O)c1c(F)cc(Br)c2c1CCC21CC1(F)F. The van der Waals surface area contributed by atoms with Crippen LogP contribution in [0.25, 0.3) is 0 Å². The van der Waals surface area contributed by atoms with E-state index in [1.165, 1.54) is 0 Å². The summed E-state index contributed by atoms with van der Waals surface area (Å²) in [5.41, 5.74) is -1.25. The van der Waals surface area contributed by atoms with Crippen molar-refractivity contribution in [2.45, 2.75) is 30.6 Å². The largest absolute Gasteiger partial charge is 0.478 e. The number of hydrogen-bond donors (Lipinski definition) is 1. The minimum Gasteiger partial charge on any atom is -0.478 e. The van der Waals surface area contributed by atoms with Crippen molar-refractivity contribution in [1.29, 1.82) is 0 Å². The summed E-state index contributed by atoms with van der Waals surface area (Å²) in [6.45, 7) is 0. The number of carboxylic acid groups (broad SMARTS) is 1. The highest BCUT2D eigenvalue weighted by Gasteiger charge is 2.74. The quantitative estimate of drug-likeness (QED) is 0.859. The molecule has 0 aliphatic heterocycles. The maximum atomic E-state index is 13.6. The number of fused-ring (bicyclic) bond motifs is 2. The zero-order valence-corrected chi connectivity index (χ0v) is 10.7. The van der Waals surface area contributed by atoms with E-state index in [-0.39, 0.29) is 34.9 Å². The third kappa shape index (κ3) is 1.27. The number of aromatic carboxylic acids is 1. The summed E-state index contributed by atoms with van der Waals surface area (Å²) < 4.78 is 40.9. The van der Waals surface area contributed by atoms with E-state index in [4.69, 9.17) is 5.11 Å². The van der Waals surface area contributed by atoms with Gasteiger partial charge in [-0.15, -0.1) is 0 Å². The summed E-state index contributed by atoms with van der Waals surface area (Å²) in [4.78, 5) is 11.0. The van der Waals surface area contributed by atoms with E-state index < -0.39 is 28.7 Å². The van der Waals surface area contributed by atoms with Crippen molar-refractivity contribution >= 4 is 21.9 Å². The van der Waals surface area contributed by atoms with Crippen LogP contribution < -0.4 is 0 Å². The normalized spacial score (nSPS) is 27.3. The minimum absolute atomic E-state index is 0.178. The monoisotopic (exact) mass is 320 g/mol. The van der Waals surface area contributed by atoms with Crippen LogP contribution >= 0.6 is 15.9 Å². The first-order valence-corrected chi connectivity index (χ1v) is 6.22. The topological polar surface area (TPSA) is 37.3 Å². The number of carboxylic acids is 1. The summed E-state index contributed by atoms with van der Waals surface area (Å²) in [6.07, 6.45) is 0.0802. The number of halogens is 4. The van der Waals surface area contributed by atoms with Crippen molar-refractivity contribution in [3.05, 3.63) is 33.0 Å². The van der Waals surface area contributed by atoms with Gasteiger partial charge < -0.3 is 5.11 Å². The van der Waals surface area contributed by atoms with Crippen molar-refractivity contribution in [2.24, 2.45) is 0 Å². The average molecular weight is 321 g/mol. The summed E-state index contributed by atoms with van der Waals surface area (Å²) in [5, 5.41) is 9.00. The van der Waals surface area contributed by atoms with E-state index in [9.17, 15) is 18.0 Å². The molecule has 2 aliphatic rings. The third-order valence-corrected chi connectivity index (χ3v) is 4.55. The van der Waals surface area contributed by atoms with Gasteiger partial charge in [-0.3, -0.25) is 0 Å². The fourth-order valence-corrected chi connectivity index (χ4v) is 3.83. The maximum absolute atomic E-state index is 13.6. The number of benzene rings is 1. The van der Waals surface area contributed by atoms with Crippen LogP contribution in [0.4, 0.5) is 13.2 Å². The molecular formula is C12H8BrF3O2. The molecule has 1 fully saturated rings. The summed E-state index contributed by atoms with van der Waals surface area (Å²) >= 11 is 3.08. The standard InChI is InChI=1S/C12H8BrF3O2/c13-6-3-7(14)8(10(17)18)5-1-2-11(9(5)6)4-12(11,15)16/h3H,1-2,4H2,(H,17,18). The molecule has 0 saturated heterocycles. The van der Waals surface area contributed by atoms with Crippen molar-refractivity contribution in [1.82, 2.24) is 0 Å². The minimum atomic E-state index is -2.81. The van der Waals surface area contributed by atoms with Gasteiger partial charge in [-0.25, -0.2) is 18.0 Å². The van der Waals surface area contributed by atoms with Crippen molar-refractivity contribution in [3.8, 4) is 0 Å². The van der Waals surface area contributed by atoms with Crippen molar-refractivity contribution < 1.29 is 23.1 Å². The Balaban J connectivity index is 2.28. The van der Waals surface area contributed by atoms with Crippen LogP contribution in [0, 0.1) is 5.82 Å². The van der Waals surface area contributed by atoms with E-state index in [1.807, 2.05) is 0 Å². The van der Waals surface area contributed by atoms with Crippen LogP contribution in [-0.2, 0) is 11.8 Å². The lowest BCUT2D eigenvalue weighted by atomic mass is 9.95. The predicted molar refractivity (Wildman–Crippen MR) is 60.6 cm³/mol. The number of rotatable bonds is 1. The molecule has 2 nitrogen and oxygen atoms in total. The molecule has 1 unspecified atom stereocenters. The van der Waals surface area contributed by atoms with Crippen LogP contribution in [-0.4, -0.2) is 17.0 Å². The zero-order valence-electron chi connectivity index (χ0n) is 9.07. The molecule has 0 amide bonds. The lowest BCUT2D eigenvalue weighted by molar-refractivity contribution is 0.0690. The Hall–Kier alpha value is -1.04. The molecule has 1 aromatic rings. The molecule has 1 atom stereocenters. The lowest BCUT2D eigenvalue weighted by Crippen LogP contribution is -2.14. The van der Waals surface area contributed by atoms with E-state index in [0.717, 1.165) is 6.07 Å². The molecule has 2 aliphatic carbocycles. The number of alkyl halides is 2. The molecule has 1 spiro atoms. The van der Waals surface area contributed by atoms with E-state index >= 15 is 0 Å². The first-order valence-electron chi connectivity index (χ1n) is 5.43. The van der Waals surface area contributed by atoms with Crippen LogP contribution in [0.15, 0.2) is 10.5 Å². The Morgan fingerprint density at radius 3 is 2.56 bits per heavy atom. The van der Waals surface area contributed by atoms with Gasteiger partial charge in [0.1, 0.15) is 5.82 Å². The van der Waals surface area contributed by atoms with E-state index in [0.29, 0.717) is 0 Å². The highest BCUT2D eigenvalue weighted by atomic mass is 79.9. The van der Waals surface area contributed by atoms with Crippen LogP contribution in [0.3, 0.4) is 0 Å². The molecule has 3 rings (SSSR count). The highest BCUT2D eigenvalue weighted by Crippen LogP contribution is 2.68. The zero-order chi connectivity index (χ0) is 13.3. The molecule has 18 heavy (non-hydrogen) atoms. The van der Waals surface area contributed by atoms with Crippen molar-refractivity contribution in [2.75, 3.05) is 0 Å². The Bertz CT molecular complexity index is 585. The fraction of sp³-hybridized carbons (Fsp3) is 0.417. The van der Waals surface area contributed by atoms with E-state index in [1.54, 1.807) is 0 Å². The van der Waals surface area contributed by atoms with Gasteiger partial charge in [-0.1, -0.05) is 15.9 Å². The average Bonchev–Trinajstić information content (AvgIpc) is 2.61. The van der Waals surface area contributed by atoms with Crippen molar-refractivity contribution in [3.63, 3.8) is 0 Å². The molecule has 1 N–H and O–H groups in total. The fourth-order valence-electron chi connectivity index (χ4n) is 3.01. The van der Waals surface area contributed by atoms with Gasteiger partial charge in [0.15, 0.2) is 0 Å².